The molecule has 0 N–H and O–H groups in total. The van der Waals surface area contributed by atoms with Gasteiger partial charge in [0, 0.05) is 0 Å². The van der Waals surface area contributed by atoms with E-state index in [4.69, 9.17) is 0 Å². The summed E-state index contributed by atoms with van der Waals surface area (Å²) in [7, 11) is 0. The molecule has 0 saturated heterocycles. The lowest BCUT2D eigenvalue weighted by atomic mass is 10.1. The fraction of sp³-hybridized carbons (Fsp3) is 1.00. The first-order chi connectivity index (χ1) is 24.7. The van der Waals surface area contributed by atoms with Crippen molar-refractivity contribution in [1.82, 2.24) is 0 Å². The van der Waals surface area contributed by atoms with Crippen LogP contribution < -0.4 is 64.9 Å². The highest BCUT2D eigenvalue weighted by Crippen LogP contribution is 2.19. The second kappa shape index (κ2) is 51.0. The maximum Gasteiger partial charge on any atom is 0.0786 e. The summed E-state index contributed by atoms with van der Waals surface area (Å²) < 4.78 is 4.26. The van der Waals surface area contributed by atoms with E-state index in [1.807, 2.05) is 0 Å². The fourth-order valence-electron chi connectivity index (χ4n) is 7.93. The Morgan fingerprint density at radius 2 is 0.259 bits per heavy atom. The normalized spacial score (nSPS) is 11.3. The average Bonchev–Trinajstić information content (AvgIpc) is 3.16. The molecule has 0 aromatic heterocycles. The van der Waals surface area contributed by atoms with Gasteiger partial charge in [-0.1, -0.05) is 160 Å². The second-order valence-corrected chi connectivity index (χ2v) is 17.0. The van der Waals surface area contributed by atoms with Crippen LogP contribution in [0.1, 0.15) is 237 Å². The van der Waals surface area contributed by atoms with E-state index in [2.05, 4.69) is 83.1 Å². The number of quaternary nitrogens is 3. The molecule has 0 aliphatic carbocycles. The third kappa shape index (κ3) is 39.3. The van der Waals surface area contributed by atoms with Gasteiger partial charge in [0.25, 0.3) is 0 Å². The van der Waals surface area contributed by atoms with Crippen molar-refractivity contribution in [1.29, 1.82) is 0 Å². The van der Waals surface area contributed by atoms with Crippen LogP contribution >= 0.6 is 0 Å². The Bertz CT molecular complexity index is 453. The fourth-order valence-corrected chi connectivity index (χ4v) is 7.93. The van der Waals surface area contributed by atoms with Crippen molar-refractivity contribution in [3.8, 4) is 0 Å². The summed E-state index contributed by atoms with van der Waals surface area (Å²) in [4.78, 5) is 0. The van der Waals surface area contributed by atoms with Gasteiger partial charge >= 0.3 is 0 Å². The number of unbranched alkanes of at least 4 members (excludes halogenated alkanes) is 12. The molecule has 0 saturated carbocycles. The molecule has 0 bridgehead atoms. The van der Waals surface area contributed by atoms with E-state index in [-0.39, 0.29) is 64.9 Å². The topological polar surface area (TPSA) is 0 Å². The lowest BCUT2D eigenvalue weighted by Crippen LogP contribution is -3.00. The number of hydrogen-bond acceptors (Lipinski definition) is 0. The SMILES string of the molecule is CCCC[N+](CCCC)(CCCC)CCCC.CCCC[N+](CCCC)(CCCC)CCCC.CCCC[N+](CCCC)(CCCC)CCCC.[Br-].[I-].[I-]. The summed E-state index contributed by atoms with van der Waals surface area (Å²) in [5, 5.41) is 0. The molecule has 54 heavy (non-hydrogen) atoms. The first-order valence-corrected chi connectivity index (χ1v) is 24.3. The monoisotopic (exact) mass is 1060 g/mol. The predicted octanol–water partition coefficient (Wildman–Crippen LogP) is 6.02. The molecule has 0 heterocycles. The Hall–Kier alpha value is 1.82. The van der Waals surface area contributed by atoms with E-state index >= 15 is 0 Å². The smallest absolute Gasteiger partial charge is 0.0786 e. The van der Waals surface area contributed by atoms with Gasteiger partial charge in [-0.15, -0.1) is 0 Å². The average molecular weight is 1060 g/mol. The molecule has 0 atom stereocenters. The van der Waals surface area contributed by atoms with Gasteiger partial charge in [-0.05, 0) is 77.0 Å². The number of rotatable bonds is 36. The maximum absolute atomic E-state index is 2.33. The van der Waals surface area contributed by atoms with Crippen LogP contribution in [-0.2, 0) is 0 Å². The van der Waals surface area contributed by atoms with Crippen LogP contribution in [0.2, 0.25) is 0 Å². The molecule has 0 radical (unpaired) electrons. The molecule has 0 aromatic rings. The van der Waals surface area contributed by atoms with Gasteiger partial charge in [-0.3, -0.25) is 0 Å². The molecule has 0 spiro atoms. The summed E-state index contributed by atoms with van der Waals surface area (Å²) in [6.07, 6.45) is 33.2. The summed E-state index contributed by atoms with van der Waals surface area (Å²) >= 11 is 0. The molecular weight excluding hydrogens is 952 g/mol. The quantitative estimate of drug-likeness (QED) is 0.0533. The molecule has 0 rings (SSSR count). The van der Waals surface area contributed by atoms with Crippen molar-refractivity contribution in [2.75, 3.05) is 78.5 Å². The lowest BCUT2D eigenvalue weighted by Gasteiger charge is -2.39. The van der Waals surface area contributed by atoms with Crippen LogP contribution in [0.15, 0.2) is 0 Å². The van der Waals surface area contributed by atoms with Crippen LogP contribution in [0, 0.1) is 0 Å². The molecule has 0 fully saturated rings. The van der Waals surface area contributed by atoms with Gasteiger partial charge in [0.15, 0.2) is 0 Å². The van der Waals surface area contributed by atoms with Crippen molar-refractivity contribution < 1.29 is 78.4 Å². The molecule has 6 heteroatoms. The highest BCUT2D eigenvalue weighted by molar-refractivity contribution is 4.52. The predicted molar refractivity (Wildman–Crippen MR) is 238 cm³/mol. The second-order valence-electron chi connectivity index (χ2n) is 17.0. The van der Waals surface area contributed by atoms with Gasteiger partial charge in [-0.2, -0.15) is 0 Å². The Morgan fingerprint density at radius 1 is 0.185 bits per heavy atom. The van der Waals surface area contributed by atoms with Crippen LogP contribution in [0.4, 0.5) is 0 Å². The maximum atomic E-state index is 2.33. The molecule has 336 valence electrons. The standard InChI is InChI=1S/3C16H36N.BrH.2HI/c3*1-5-9-13-17(14-10-6-2,15-11-7-3)16-12-8-4;;;/h3*5-16H2,1-4H3;3*1H/q3*+1;;;/p-3. The van der Waals surface area contributed by atoms with Crippen LogP contribution in [0.25, 0.3) is 0 Å². The summed E-state index contributed by atoms with van der Waals surface area (Å²) in [6, 6.07) is 0. The molecular formula is C48H108BrI2N3. The third-order valence-electron chi connectivity index (χ3n) is 11.8. The molecule has 0 amide bonds. The van der Waals surface area contributed by atoms with Crippen LogP contribution in [0.3, 0.4) is 0 Å². The zero-order chi connectivity index (χ0) is 39.0. The van der Waals surface area contributed by atoms with Gasteiger partial charge in [0.2, 0.25) is 0 Å². The van der Waals surface area contributed by atoms with Crippen molar-refractivity contribution in [3.05, 3.63) is 0 Å². The van der Waals surface area contributed by atoms with Crippen molar-refractivity contribution in [2.45, 2.75) is 237 Å². The molecule has 0 aliphatic rings. The van der Waals surface area contributed by atoms with Crippen molar-refractivity contribution >= 4 is 0 Å². The van der Waals surface area contributed by atoms with Gasteiger partial charge in [0.1, 0.15) is 0 Å². The molecule has 0 unspecified atom stereocenters. The Labute approximate surface area is 391 Å². The van der Waals surface area contributed by atoms with Gasteiger partial charge in [-0.25, -0.2) is 0 Å². The Morgan fingerprint density at radius 3 is 0.315 bits per heavy atom. The highest BCUT2D eigenvalue weighted by atomic mass is 127. The first kappa shape index (κ1) is 67.6. The van der Waals surface area contributed by atoms with E-state index in [0.717, 1.165) is 0 Å². The van der Waals surface area contributed by atoms with Gasteiger partial charge in [0.05, 0.1) is 78.5 Å². The molecule has 3 nitrogen and oxygen atoms in total. The van der Waals surface area contributed by atoms with Crippen molar-refractivity contribution in [3.63, 3.8) is 0 Å². The third-order valence-corrected chi connectivity index (χ3v) is 11.8. The number of halogens is 3. The van der Waals surface area contributed by atoms with E-state index in [0.29, 0.717) is 0 Å². The highest BCUT2D eigenvalue weighted by Gasteiger charge is 2.26. The Kier molecular flexibility index (Phi) is 63.8. The number of hydrogen-bond donors (Lipinski definition) is 0. The first-order valence-electron chi connectivity index (χ1n) is 24.3. The minimum Gasteiger partial charge on any atom is -1.00 e. The van der Waals surface area contributed by atoms with Crippen LogP contribution in [0.5, 0.6) is 0 Å². The largest absolute Gasteiger partial charge is 1.00 e. The summed E-state index contributed by atoms with van der Waals surface area (Å²) in [5.41, 5.74) is 0. The zero-order valence-electron chi connectivity index (χ0n) is 39.9. The summed E-state index contributed by atoms with van der Waals surface area (Å²) in [6.45, 7) is 45.1. The van der Waals surface area contributed by atoms with E-state index in [1.54, 1.807) is 0 Å². The zero-order valence-corrected chi connectivity index (χ0v) is 45.8. The van der Waals surface area contributed by atoms with Crippen LogP contribution in [-0.4, -0.2) is 92.0 Å². The molecule has 0 aromatic carbocycles. The Balaban J connectivity index is -0.000000156. The van der Waals surface area contributed by atoms with E-state index in [1.165, 1.54) is 246 Å². The van der Waals surface area contributed by atoms with Gasteiger partial charge < -0.3 is 78.4 Å². The minimum absolute atomic E-state index is 0. The minimum atomic E-state index is 0. The molecule has 0 aliphatic heterocycles. The lowest BCUT2D eigenvalue weighted by molar-refractivity contribution is -0.929. The van der Waals surface area contributed by atoms with Crippen molar-refractivity contribution in [2.24, 2.45) is 0 Å². The summed E-state index contributed by atoms with van der Waals surface area (Å²) in [5.74, 6) is 0. The van der Waals surface area contributed by atoms with E-state index < -0.39 is 0 Å². The number of nitrogens with zero attached hydrogens (tertiary/aromatic N) is 3. The van der Waals surface area contributed by atoms with E-state index in [9.17, 15) is 0 Å².